The lowest BCUT2D eigenvalue weighted by atomic mass is 10.1. The van der Waals surface area contributed by atoms with E-state index in [1.165, 1.54) is 0 Å². The fourth-order valence-electron chi connectivity index (χ4n) is 2.55. The van der Waals surface area contributed by atoms with E-state index < -0.39 is 6.04 Å². The first-order chi connectivity index (χ1) is 12.0. The molecule has 25 heavy (non-hydrogen) atoms. The fraction of sp³-hybridized carbons (Fsp3) is 0.353. The highest BCUT2D eigenvalue weighted by atomic mass is 32.2. The van der Waals surface area contributed by atoms with Crippen LogP contribution in [0.15, 0.2) is 32.8 Å². The highest BCUT2D eigenvalue weighted by molar-refractivity contribution is 8.01. The van der Waals surface area contributed by atoms with Crippen molar-refractivity contribution in [2.45, 2.75) is 42.0 Å². The number of carbonyl (C=O) groups is 2. The van der Waals surface area contributed by atoms with Crippen LogP contribution in [0.2, 0.25) is 0 Å². The predicted molar refractivity (Wildman–Crippen MR) is 100 cm³/mol. The summed E-state index contributed by atoms with van der Waals surface area (Å²) < 4.78 is 0.999. The molecule has 3 amide bonds. The minimum atomic E-state index is -0.461. The van der Waals surface area contributed by atoms with Gasteiger partial charge in [-0.3, -0.25) is 4.79 Å². The van der Waals surface area contributed by atoms with Crippen LogP contribution in [-0.4, -0.2) is 29.5 Å². The van der Waals surface area contributed by atoms with Crippen LogP contribution < -0.4 is 16.0 Å². The molecule has 1 atom stereocenters. The maximum absolute atomic E-state index is 12.1. The lowest BCUT2D eigenvalue weighted by molar-refractivity contribution is -0.124. The molecule has 1 saturated heterocycles. The molecule has 1 aromatic heterocycles. The molecular formula is C17H20N4O2S2. The fourth-order valence-corrected chi connectivity index (χ4v) is 4.46. The summed E-state index contributed by atoms with van der Waals surface area (Å²) in [5.74, 6) is -0.122. The second kappa shape index (κ2) is 7.88. The number of aromatic nitrogens is 1. The molecule has 0 spiro atoms. The van der Waals surface area contributed by atoms with Gasteiger partial charge < -0.3 is 16.0 Å². The lowest BCUT2D eigenvalue weighted by Crippen LogP contribution is -2.51. The molecule has 132 valence electrons. The van der Waals surface area contributed by atoms with Gasteiger partial charge in [0.15, 0.2) is 4.34 Å². The van der Waals surface area contributed by atoms with Crippen molar-refractivity contribution < 1.29 is 9.59 Å². The third kappa shape index (κ3) is 4.73. The average Bonchev–Trinajstić information content (AvgIpc) is 2.97. The van der Waals surface area contributed by atoms with Crippen molar-refractivity contribution in [2.75, 3.05) is 11.9 Å². The Bertz CT molecular complexity index is 791. The van der Waals surface area contributed by atoms with E-state index >= 15 is 0 Å². The molecule has 2 heterocycles. The summed E-state index contributed by atoms with van der Waals surface area (Å²) in [6.45, 7) is 4.60. The van der Waals surface area contributed by atoms with Crippen molar-refractivity contribution in [3.63, 3.8) is 0 Å². The summed E-state index contributed by atoms with van der Waals surface area (Å²) >= 11 is 3.22. The molecule has 1 aliphatic heterocycles. The highest BCUT2D eigenvalue weighted by Crippen LogP contribution is 2.32. The summed E-state index contributed by atoms with van der Waals surface area (Å²) in [6, 6.07) is 5.03. The quantitative estimate of drug-likeness (QED) is 0.764. The van der Waals surface area contributed by atoms with Gasteiger partial charge in [0.25, 0.3) is 0 Å². The van der Waals surface area contributed by atoms with Gasteiger partial charge in [-0.1, -0.05) is 11.8 Å². The Hall–Kier alpha value is -2.06. The third-order valence-corrected chi connectivity index (χ3v) is 5.89. The minimum absolute atomic E-state index is 0.122. The van der Waals surface area contributed by atoms with Gasteiger partial charge in [-0.25, -0.2) is 9.78 Å². The van der Waals surface area contributed by atoms with E-state index in [4.69, 9.17) is 0 Å². The molecule has 1 aliphatic rings. The first-order valence-electron chi connectivity index (χ1n) is 8.07. The zero-order chi connectivity index (χ0) is 17.8. The van der Waals surface area contributed by atoms with Crippen molar-refractivity contribution in [3.05, 3.63) is 34.8 Å². The summed E-state index contributed by atoms with van der Waals surface area (Å²) in [5, 5.41) is 10.3. The van der Waals surface area contributed by atoms with Crippen LogP contribution in [0.3, 0.4) is 0 Å². The molecule has 8 heteroatoms. The number of amides is 3. The number of piperidine rings is 1. The first-order valence-corrected chi connectivity index (χ1v) is 9.77. The van der Waals surface area contributed by atoms with Crippen LogP contribution in [0.5, 0.6) is 0 Å². The molecule has 1 aromatic carbocycles. The summed E-state index contributed by atoms with van der Waals surface area (Å²) in [4.78, 5) is 29.4. The highest BCUT2D eigenvalue weighted by Gasteiger charge is 2.23. The molecule has 0 bridgehead atoms. The number of thiazole rings is 1. The number of rotatable bonds is 4. The molecule has 3 N–H and O–H groups in total. The van der Waals surface area contributed by atoms with Crippen LogP contribution in [0.25, 0.3) is 0 Å². The Morgan fingerprint density at radius 2 is 2.24 bits per heavy atom. The van der Waals surface area contributed by atoms with Gasteiger partial charge in [-0.15, -0.1) is 11.3 Å². The van der Waals surface area contributed by atoms with E-state index in [1.807, 2.05) is 37.4 Å². The summed E-state index contributed by atoms with van der Waals surface area (Å²) in [6.07, 6.45) is 1.54. The van der Waals surface area contributed by atoms with E-state index in [0.29, 0.717) is 13.0 Å². The number of nitrogens with one attached hydrogen (secondary N) is 3. The number of aryl methyl sites for hydroxylation is 2. The van der Waals surface area contributed by atoms with Crippen molar-refractivity contribution >= 4 is 40.7 Å². The normalized spacial score (nSPS) is 17.0. The van der Waals surface area contributed by atoms with Crippen LogP contribution in [0.1, 0.15) is 24.1 Å². The molecule has 0 aliphatic carbocycles. The molecule has 1 fully saturated rings. The molecule has 3 rings (SSSR count). The van der Waals surface area contributed by atoms with Crippen molar-refractivity contribution in [2.24, 2.45) is 0 Å². The van der Waals surface area contributed by atoms with Gasteiger partial charge in [0, 0.05) is 28.2 Å². The Morgan fingerprint density at radius 1 is 1.40 bits per heavy atom. The largest absolute Gasteiger partial charge is 0.354 e. The third-order valence-electron chi connectivity index (χ3n) is 3.84. The number of hydrogen-bond acceptors (Lipinski definition) is 5. The number of benzene rings is 1. The Labute approximate surface area is 154 Å². The van der Waals surface area contributed by atoms with E-state index in [1.54, 1.807) is 23.1 Å². The van der Waals surface area contributed by atoms with E-state index in [-0.39, 0.29) is 11.9 Å². The zero-order valence-electron chi connectivity index (χ0n) is 14.1. The van der Waals surface area contributed by atoms with E-state index in [2.05, 4.69) is 20.9 Å². The standard InChI is InChI=1S/C17H20N4O2S2/c1-10-8-12(25-17-19-11(2)9-24-17)5-6-13(10)20-16(23)21-14-4-3-7-18-15(14)22/h5-6,8-9,14H,3-4,7H2,1-2H3,(H,18,22)(H2,20,21,23)/t14-/m0/s1. The topological polar surface area (TPSA) is 83.1 Å². The van der Waals surface area contributed by atoms with Gasteiger partial charge in [0.2, 0.25) is 5.91 Å². The summed E-state index contributed by atoms with van der Waals surface area (Å²) in [5.41, 5.74) is 2.71. The van der Waals surface area contributed by atoms with Gasteiger partial charge in [-0.2, -0.15) is 0 Å². The Kier molecular flexibility index (Phi) is 5.60. The number of nitrogens with zero attached hydrogens (tertiary/aromatic N) is 1. The van der Waals surface area contributed by atoms with Gasteiger partial charge in [0.05, 0.1) is 0 Å². The number of anilines is 1. The van der Waals surface area contributed by atoms with Crippen LogP contribution >= 0.6 is 23.1 Å². The SMILES string of the molecule is Cc1csc(Sc2ccc(NC(=O)N[C@H]3CCCNC3=O)c(C)c2)n1. The summed E-state index contributed by atoms with van der Waals surface area (Å²) in [7, 11) is 0. The van der Waals surface area contributed by atoms with Crippen molar-refractivity contribution in [3.8, 4) is 0 Å². The second-order valence-electron chi connectivity index (χ2n) is 5.92. The molecule has 6 nitrogen and oxygen atoms in total. The monoisotopic (exact) mass is 376 g/mol. The van der Waals surface area contributed by atoms with Gasteiger partial charge in [0.1, 0.15) is 6.04 Å². The molecule has 0 radical (unpaired) electrons. The Morgan fingerprint density at radius 3 is 2.92 bits per heavy atom. The smallest absolute Gasteiger partial charge is 0.319 e. The average molecular weight is 377 g/mol. The number of hydrogen-bond donors (Lipinski definition) is 3. The van der Waals surface area contributed by atoms with E-state index in [0.717, 1.165) is 32.6 Å². The van der Waals surface area contributed by atoms with Crippen LogP contribution in [0, 0.1) is 13.8 Å². The molecule has 0 saturated carbocycles. The zero-order valence-corrected chi connectivity index (χ0v) is 15.7. The van der Waals surface area contributed by atoms with E-state index in [9.17, 15) is 9.59 Å². The minimum Gasteiger partial charge on any atom is -0.354 e. The lowest BCUT2D eigenvalue weighted by Gasteiger charge is -2.23. The molecular weight excluding hydrogens is 356 g/mol. The molecule has 0 unspecified atom stereocenters. The Balaban J connectivity index is 1.60. The predicted octanol–water partition coefficient (Wildman–Crippen LogP) is 3.31. The van der Waals surface area contributed by atoms with Crippen LogP contribution in [0.4, 0.5) is 10.5 Å². The van der Waals surface area contributed by atoms with Crippen molar-refractivity contribution in [1.82, 2.24) is 15.6 Å². The second-order valence-corrected chi connectivity index (χ2v) is 8.10. The molecule has 2 aromatic rings. The maximum Gasteiger partial charge on any atom is 0.319 e. The van der Waals surface area contributed by atoms with Crippen LogP contribution in [-0.2, 0) is 4.79 Å². The van der Waals surface area contributed by atoms with Gasteiger partial charge in [-0.05, 0) is 50.5 Å². The maximum atomic E-state index is 12.1. The van der Waals surface area contributed by atoms with Gasteiger partial charge >= 0.3 is 6.03 Å². The van der Waals surface area contributed by atoms with Crippen molar-refractivity contribution in [1.29, 1.82) is 0 Å². The first kappa shape index (κ1) is 17.8. The number of carbonyl (C=O) groups excluding carboxylic acids is 2. The number of urea groups is 1.